The van der Waals surface area contributed by atoms with E-state index in [9.17, 15) is 0 Å². The summed E-state index contributed by atoms with van der Waals surface area (Å²) >= 11 is 0. The van der Waals surface area contributed by atoms with Crippen molar-refractivity contribution in [3.05, 3.63) is 204 Å². The lowest BCUT2D eigenvalue weighted by Gasteiger charge is -2.33. The van der Waals surface area contributed by atoms with Gasteiger partial charge in [-0.1, -0.05) is 138 Å². The van der Waals surface area contributed by atoms with Crippen LogP contribution in [0.15, 0.2) is 176 Å². The SMILES string of the molecule is Cc1ccc(N(c2ccc(C)cc2)c2c3ccccc3c(N(c3ccccc3)c3ccc(C)cc3)c3cc(Cc4ccccc4)ccc23)cc1. The van der Waals surface area contributed by atoms with Crippen molar-refractivity contribution in [3.63, 3.8) is 0 Å². The predicted octanol–water partition coefficient (Wildman–Crippen LogP) is 13.4. The van der Waals surface area contributed by atoms with Crippen LogP contribution in [0.5, 0.6) is 0 Å². The molecule has 2 heteroatoms. The molecule has 0 heterocycles. The Labute approximate surface area is 295 Å². The zero-order valence-electron chi connectivity index (χ0n) is 28.8. The number of para-hydroxylation sites is 1. The van der Waals surface area contributed by atoms with Crippen molar-refractivity contribution in [1.82, 2.24) is 0 Å². The third kappa shape index (κ3) is 6.01. The van der Waals surface area contributed by atoms with Gasteiger partial charge in [-0.3, -0.25) is 0 Å². The summed E-state index contributed by atoms with van der Waals surface area (Å²) in [4.78, 5) is 4.89. The summed E-state index contributed by atoms with van der Waals surface area (Å²) in [6.07, 6.45) is 0.855. The maximum Gasteiger partial charge on any atom is 0.0620 e. The van der Waals surface area contributed by atoms with Gasteiger partial charge in [0.2, 0.25) is 0 Å². The molecule has 0 aliphatic carbocycles. The van der Waals surface area contributed by atoms with E-state index in [1.807, 2.05) is 0 Å². The number of hydrogen-bond acceptors (Lipinski definition) is 2. The van der Waals surface area contributed by atoms with Crippen LogP contribution in [0.2, 0.25) is 0 Å². The van der Waals surface area contributed by atoms with E-state index in [4.69, 9.17) is 0 Å². The molecular weight excluding hydrogens is 605 g/mol. The average Bonchev–Trinajstić information content (AvgIpc) is 3.15. The summed E-state index contributed by atoms with van der Waals surface area (Å²) in [6, 6.07) is 64.3. The summed E-state index contributed by atoms with van der Waals surface area (Å²) in [6.45, 7) is 6.45. The van der Waals surface area contributed by atoms with E-state index in [1.165, 1.54) is 60.7 Å². The number of benzene rings is 8. The summed E-state index contributed by atoms with van der Waals surface area (Å²) in [5.41, 5.74) is 13.2. The number of rotatable bonds is 8. The lowest BCUT2D eigenvalue weighted by atomic mass is 9.93. The highest BCUT2D eigenvalue weighted by Gasteiger charge is 2.25. The number of aryl methyl sites for hydroxylation is 3. The minimum atomic E-state index is 0.855. The van der Waals surface area contributed by atoms with Crippen molar-refractivity contribution in [2.75, 3.05) is 9.80 Å². The Bertz CT molecular complexity index is 2350. The third-order valence-electron chi connectivity index (χ3n) is 9.62. The minimum absolute atomic E-state index is 0.855. The standard InChI is InChI=1S/C48H40N2/c1-34-18-25-40(26-19-34)49(39-14-8-5-9-15-39)48-44-17-11-10-16-43(44)47(45-31-24-38(33-46(45)48)32-37-12-6-4-7-13-37)50(41-27-20-35(2)21-28-41)42-29-22-36(3)23-30-42/h4-31,33H,32H2,1-3H3. The fraction of sp³-hybridized carbons (Fsp3) is 0.0833. The van der Waals surface area contributed by atoms with Crippen LogP contribution in [0.1, 0.15) is 27.8 Å². The Morgan fingerprint density at radius 2 is 0.700 bits per heavy atom. The molecule has 0 saturated heterocycles. The molecule has 8 rings (SSSR count). The van der Waals surface area contributed by atoms with Gasteiger partial charge in [0.05, 0.1) is 11.4 Å². The molecule has 0 atom stereocenters. The highest BCUT2D eigenvalue weighted by Crippen LogP contribution is 2.51. The Balaban J connectivity index is 1.50. The maximum atomic E-state index is 2.45. The number of fused-ring (bicyclic) bond motifs is 2. The lowest BCUT2D eigenvalue weighted by Crippen LogP contribution is -2.14. The molecule has 0 unspecified atom stereocenters. The molecule has 242 valence electrons. The second-order valence-corrected chi connectivity index (χ2v) is 13.3. The van der Waals surface area contributed by atoms with Crippen LogP contribution in [-0.4, -0.2) is 0 Å². The molecule has 0 bridgehead atoms. The number of anilines is 6. The van der Waals surface area contributed by atoms with Crippen LogP contribution in [-0.2, 0) is 6.42 Å². The predicted molar refractivity (Wildman–Crippen MR) is 214 cm³/mol. The second-order valence-electron chi connectivity index (χ2n) is 13.3. The Hall–Kier alpha value is -6.12. The Kier molecular flexibility index (Phi) is 8.36. The topological polar surface area (TPSA) is 6.48 Å². The van der Waals surface area contributed by atoms with E-state index in [0.29, 0.717) is 0 Å². The monoisotopic (exact) mass is 644 g/mol. The molecule has 2 nitrogen and oxygen atoms in total. The van der Waals surface area contributed by atoms with Gasteiger partial charge in [-0.25, -0.2) is 0 Å². The van der Waals surface area contributed by atoms with Crippen molar-refractivity contribution < 1.29 is 0 Å². The average molecular weight is 645 g/mol. The van der Waals surface area contributed by atoms with Crippen LogP contribution in [0.4, 0.5) is 34.1 Å². The Morgan fingerprint density at radius 3 is 1.18 bits per heavy atom. The fourth-order valence-corrected chi connectivity index (χ4v) is 7.08. The van der Waals surface area contributed by atoms with Crippen LogP contribution in [0, 0.1) is 20.8 Å². The number of hydrogen-bond donors (Lipinski definition) is 0. The van der Waals surface area contributed by atoms with E-state index in [-0.39, 0.29) is 0 Å². The quantitative estimate of drug-likeness (QED) is 0.120. The van der Waals surface area contributed by atoms with Crippen molar-refractivity contribution in [1.29, 1.82) is 0 Å². The van der Waals surface area contributed by atoms with Gasteiger partial charge in [-0.2, -0.15) is 0 Å². The number of nitrogens with zero attached hydrogens (tertiary/aromatic N) is 2. The minimum Gasteiger partial charge on any atom is -0.309 e. The molecular formula is C48H40N2. The first kappa shape index (κ1) is 31.2. The van der Waals surface area contributed by atoms with Crippen LogP contribution in [0.25, 0.3) is 21.5 Å². The van der Waals surface area contributed by atoms with E-state index >= 15 is 0 Å². The molecule has 0 aliphatic heterocycles. The normalized spacial score (nSPS) is 11.2. The lowest BCUT2D eigenvalue weighted by molar-refractivity contribution is 1.20. The highest BCUT2D eigenvalue weighted by atomic mass is 15.2. The summed E-state index contributed by atoms with van der Waals surface area (Å²) in [5.74, 6) is 0. The molecule has 0 amide bonds. The molecule has 0 aromatic heterocycles. The smallest absolute Gasteiger partial charge is 0.0620 e. The molecule has 0 radical (unpaired) electrons. The zero-order valence-corrected chi connectivity index (χ0v) is 28.8. The zero-order chi connectivity index (χ0) is 34.0. The van der Waals surface area contributed by atoms with Gasteiger partial charge in [-0.15, -0.1) is 0 Å². The molecule has 0 saturated carbocycles. The van der Waals surface area contributed by atoms with Gasteiger partial charge in [-0.05, 0) is 92.9 Å². The van der Waals surface area contributed by atoms with E-state index in [2.05, 4.69) is 206 Å². The van der Waals surface area contributed by atoms with Crippen LogP contribution in [0.3, 0.4) is 0 Å². The van der Waals surface area contributed by atoms with Gasteiger partial charge < -0.3 is 9.80 Å². The van der Waals surface area contributed by atoms with E-state index in [1.54, 1.807) is 0 Å². The molecule has 0 N–H and O–H groups in total. The second kappa shape index (κ2) is 13.4. The van der Waals surface area contributed by atoms with Gasteiger partial charge >= 0.3 is 0 Å². The van der Waals surface area contributed by atoms with E-state index < -0.39 is 0 Å². The van der Waals surface area contributed by atoms with Crippen molar-refractivity contribution in [3.8, 4) is 0 Å². The Morgan fingerprint density at radius 1 is 0.320 bits per heavy atom. The molecule has 0 fully saturated rings. The van der Waals surface area contributed by atoms with Gasteiger partial charge in [0.1, 0.15) is 0 Å². The summed E-state index contributed by atoms with van der Waals surface area (Å²) in [5, 5.41) is 4.80. The maximum absolute atomic E-state index is 2.45. The first-order valence-electron chi connectivity index (χ1n) is 17.4. The molecule has 0 aliphatic rings. The van der Waals surface area contributed by atoms with Gasteiger partial charge in [0.25, 0.3) is 0 Å². The first-order chi connectivity index (χ1) is 24.5. The molecule has 50 heavy (non-hydrogen) atoms. The first-order valence-corrected chi connectivity index (χ1v) is 17.4. The third-order valence-corrected chi connectivity index (χ3v) is 9.62. The summed E-state index contributed by atoms with van der Waals surface area (Å²) < 4.78 is 0. The van der Waals surface area contributed by atoms with Crippen molar-refractivity contribution >= 4 is 55.7 Å². The van der Waals surface area contributed by atoms with Gasteiger partial charge in [0.15, 0.2) is 0 Å². The molecule has 8 aromatic rings. The highest BCUT2D eigenvalue weighted by molar-refractivity contribution is 6.23. The fourth-order valence-electron chi connectivity index (χ4n) is 7.08. The van der Waals surface area contributed by atoms with E-state index in [0.717, 1.165) is 29.2 Å². The van der Waals surface area contributed by atoms with Gasteiger partial charge in [0, 0.05) is 44.3 Å². The van der Waals surface area contributed by atoms with Crippen molar-refractivity contribution in [2.45, 2.75) is 27.2 Å². The molecule has 0 spiro atoms. The molecule has 8 aromatic carbocycles. The van der Waals surface area contributed by atoms with Crippen LogP contribution < -0.4 is 9.80 Å². The van der Waals surface area contributed by atoms with Crippen LogP contribution >= 0.6 is 0 Å². The van der Waals surface area contributed by atoms with Crippen molar-refractivity contribution in [2.24, 2.45) is 0 Å². The summed E-state index contributed by atoms with van der Waals surface area (Å²) in [7, 11) is 0. The largest absolute Gasteiger partial charge is 0.309 e.